The highest BCUT2D eigenvalue weighted by Gasteiger charge is 2.31. The SMILES string of the molecule is O=C(NCCn1cccc1)N[C@H]1c2ccccc2CC[C@@H]1n1ccnc1. The largest absolute Gasteiger partial charge is 0.353 e. The van der Waals surface area contributed by atoms with Crippen LogP contribution < -0.4 is 10.6 Å². The fraction of sp³-hybridized carbons (Fsp3) is 0.300. The van der Waals surface area contributed by atoms with Crippen LogP contribution in [-0.2, 0) is 13.0 Å². The highest BCUT2D eigenvalue weighted by atomic mass is 16.2. The van der Waals surface area contributed by atoms with Crippen molar-refractivity contribution in [2.45, 2.75) is 31.5 Å². The number of urea groups is 1. The molecule has 0 spiro atoms. The molecule has 2 N–H and O–H groups in total. The summed E-state index contributed by atoms with van der Waals surface area (Å²) in [4.78, 5) is 16.7. The molecule has 6 heteroatoms. The van der Waals surface area contributed by atoms with Gasteiger partial charge in [-0.1, -0.05) is 24.3 Å². The second kappa shape index (κ2) is 7.47. The van der Waals surface area contributed by atoms with Gasteiger partial charge >= 0.3 is 6.03 Å². The number of fused-ring (bicyclic) bond motifs is 1. The van der Waals surface area contributed by atoms with Gasteiger partial charge in [0.1, 0.15) is 0 Å². The molecule has 1 aliphatic rings. The number of aromatic nitrogens is 3. The van der Waals surface area contributed by atoms with E-state index in [-0.39, 0.29) is 18.1 Å². The van der Waals surface area contributed by atoms with Crippen molar-refractivity contribution in [2.24, 2.45) is 0 Å². The Balaban J connectivity index is 1.46. The predicted molar refractivity (Wildman–Crippen MR) is 99.7 cm³/mol. The Bertz CT molecular complexity index is 841. The summed E-state index contributed by atoms with van der Waals surface area (Å²) < 4.78 is 4.14. The van der Waals surface area contributed by atoms with Gasteiger partial charge in [-0.15, -0.1) is 0 Å². The number of carbonyl (C=O) groups is 1. The summed E-state index contributed by atoms with van der Waals surface area (Å²) in [5.41, 5.74) is 2.50. The van der Waals surface area contributed by atoms with Crippen molar-refractivity contribution in [3.8, 4) is 0 Å². The van der Waals surface area contributed by atoms with Crippen LogP contribution in [0.5, 0.6) is 0 Å². The minimum atomic E-state index is -0.135. The minimum absolute atomic E-state index is 0.0688. The molecule has 1 aromatic carbocycles. The lowest BCUT2D eigenvalue weighted by atomic mass is 9.84. The molecule has 1 aliphatic carbocycles. The van der Waals surface area contributed by atoms with Crippen molar-refractivity contribution in [3.63, 3.8) is 0 Å². The van der Waals surface area contributed by atoms with Crippen LogP contribution in [-0.4, -0.2) is 26.7 Å². The van der Waals surface area contributed by atoms with Crippen LogP contribution in [0.3, 0.4) is 0 Å². The zero-order chi connectivity index (χ0) is 17.8. The summed E-state index contributed by atoms with van der Waals surface area (Å²) in [6, 6.07) is 12.3. The molecule has 2 aromatic heterocycles. The molecule has 0 fully saturated rings. The smallest absolute Gasteiger partial charge is 0.315 e. The number of rotatable bonds is 5. The maximum Gasteiger partial charge on any atom is 0.315 e. The van der Waals surface area contributed by atoms with E-state index in [0.29, 0.717) is 6.54 Å². The van der Waals surface area contributed by atoms with Gasteiger partial charge in [-0.25, -0.2) is 9.78 Å². The number of imidazole rings is 1. The first-order valence-electron chi connectivity index (χ1n) is 9.01. The summed E-state index contributed by atoms with van der Waals surface area (Å²) in [5.74, 6) is 0. The van der Waals surface area contributed by atoms with Gasteiger partial charge in [0.2, 0.25) is 0 Å². The van der Waals surface area contributed by atoms with Crippen molar-refractivity contribution in [1.29, 1.82) is 0 Å². The summed E-state index contributed by atoms with van der Waals surface area (Å²) in [6.45, 7) is 1.34. The van der Waals surface area contributed by atoms with Gasteiger partial charge < -0.3 is 19.8 Å². The normalized spacial score (nSPS) is 18.9. The molecule has 26 heavy (non-hydrogen) atoms. The van der Waals surface area contributed by atoms with Crippen molar-refractivity contribution in [1.82, 2.24) is 24.8 Å². The third-order valence-corrected chi connectivity index (χ3v) is 5.00. The second-order valence-corrected chi connectivity index (χ2v) is 6.61. The molecule has 0 saturated carbocycles. The zero-order valence-corrected chi connectivity index (χ0v) is 14.6. The highest BCUT2D eigenvalue weighted by molar-refractivity contribution is 5.74. The second-order valence-electron chi connectivity index (χ2n) is 6.61. The third kappa shape index (κ3) is 3.49. The van der Waals surface area contributed by atoms with Crippen molar-refractivity contribution < 1.29 is 4.79 Å². The number of hydrogen-bond donors (Lipinski definition) is 2. The Morgan fingerprint density at radius 3 is 2.81 bits per heavy atom. The van der Waals surface area contributed by atoms with Crippen LogP contribution in [0, 0.1) is 0 Å². The van der Waals surface area contributed by atoms with E-state index >= 15 is 0 Å². The van der Waals surface area contributed by atoms with Crippen LogP contribution >= 0.6 is 0 Å². The Kier molecular flexibility index (Phi) is 4.73. The Labute approximate surface area is 152 Å². The fourth-order valence-corrected chi connectivity index (χ4v) is 3.71. The summed E-state index contributed by atoms with van der Waals surface area (Å²) in [6.07, 6.45) is 11.6. The molecule has 0 aliphatic heterocycles. The standard InChI is InChI=1S/C20H23N5O/c26-20(22-10-13-24-11-3-4-12-24)23-19-17-6-2-1-5-16(17)7-8-18(19)25-14-9-21-15-25/h1-6,9,11-12,14-15,18-19H,7-8,10,13H2,(H2,22,23,26)/t18-,19-/m0/s1. The van der Waals surface area contributed by atoms with E-state index in [4.69, 9.17) is 0 Å². The molecule has 0 radical (unpaired) electrons. The van der Waals surface area contributed by atoms with Gasteiger partial charge in [-0.3, -0.25) is 0 Å². The molecule has 2 atom stereocenters. The van der Waals surface area contributed by atoms with Crippen molar-refractivity contribution in [3.05, 3.63) is 78.6 Å². The molecule has 4 rings (SSSR count). The number of nitrogens with one attached hydrogen (secondary N) is 2. The van der Waals surface area contributed by atoms with E-state index < -0.39 is 0 Å². The number of carbonyl (C=O) groups excluding carboxylic acids is 1. The molecule has 2 heterocycles. The summed E-state index contributed by atoms with van der Waals surface area (Å²) in [7, 11) is 0. The molecule has 2 amide bonds. The van der Waals surface area contributed by atoms with Gasteiger partial charge in [0.15, 0.2) is 0 Å². The van der Waals surface area contributed by atoms with E-state index in [1.807, 2.05) is 47.7 Å². The van der Waals surface area contributed by atoms with Crippen molar-refractivity contribution >= 4 is 6.03 Å². The van der Waals surface area contributed by atoms with Crippen LogP contribution in [0.2, 0.25) is 0 Å². The third-order valence-electron chi connectivity index (χ3n) is 5.00. The topological polar surface area (TPSA) is 63.9 Å². The molecule has 0 unspecified atom stereocenters. The van der Waals surface area contributed by atoms with Gasteiger partial charge in [-0.05, 0) is 36.1 Å². The molecular formula is C20H23N5O. The fourth-order valence-electron chi connectivity index (χ4n) is 3.71. The van der Waals surface area contributed by atoms with E-state index in [1.165, 1.54) is 11.1 Å². The van der Waals surface area contributed by atoms with Gasteiger partial charge in [-0.2, -0.15) is 0 Å². The number of amides is 2. The van der Waals surface area contributed by atoms with Gasteiger partial charge in [0, 0.05) is 37.9 Å². The molecule has 0 saturated heterocycles. The maximum absolute atomic E-state index is 12.5. The maximum atomic E-state index is 12.5. The van der Waals surface area contributed by atoms with Gasteiger partial charge in [0.05, 0.1) is 18.4 Å². The molecular weight excluding hydrogens is 326 g/mol. The zero-order valence-electron chi connectivity index (χ0n) is 14.6. The van der Waals surface area contributed by atoms with Crippen LogP contribution in [0.1, 0.15) is 29.6 Å². The Morgan fingerprint density at radius 2 is 2.00 bits per heavy atom. The minimum Gasteiger partial charge on any atom is -0.353 e. The number of benzene rings is 1. The highest BCUT2D eigenvalue weighted by Crippen LogP contribution is 2.37. The lowest BCUT2D eigenvalue weighted by molar-refractivity contribution is 0.227. The van der Waals surface area contributed by atoms with Gasteiger partial charge in [0.25, 0.3) is 0 Å². The Hall–Kier alpha value is -3.02. The predicted octanol–water partition coefficient (Wildman–Crippen LogP) is 2.91. The average Bonchev–Trinajstić information content (AvgIpc) is 3.36. The van der Waals surface area contributed by atoms with Crippen LogP contribution in [0.4, 0.5) is 4.79 Å². The molecule has 134 valence electrons. The lowest BCUT2D eigenvalue weighted by Crippen LogP contribution is -2.43. The number of aryl methyl sites for hydroxylation is 1. The van der Waals surface area contributed by atoms with Crippen LogP contribution in [0.25, 0.3) is 0 Å². The average molecular weight is 349 g/mol. The van der Waals surface area contributed by atoms with Crippen molar-refractivity contribution in [2.75, 3.05) is 6.54 Å². The van der Waals surface area contributed by atoms with E-state index in [1.54, 1.807) is 6.20 Å². The first kappa shape index (κ1) is 16.4. The van der Waals surface area contributed by atoms with E-state index in [9.17, 15) is 4.79 Å². The lowest BCUT2D eigenvalue weighted by Gasteiger charge is -2.35. The van der Waals surface area contributed by atoms with E-state index in [0.717, 1.165) is 19.4 Å². The monoisotopic (exact) mass is 349 g/mol. The Morgan fingerprint density at radius 1 is 1.15 bits per heavy atom. The first-order chi connectivity index (χ1) is 12.8. The number of hydrogen-bond acceptors (Lipinski definition) is 2. The molecule has 6 nitrogen and oxygen atoms in total. The first-order valence-corrected chi connectivity index (χ1v) is 9.01. The quantitative estimate of drug-likeness (QED) is 0.744. The molecule has 3 aromatic rings. The summed E-state index contributed by atoms with van der Waals surface area (Å²) in [5, 5.41) is 6.15. The van der Waals surface area contributed by atoms with Crippen LogP contribution in [0.15, 0.2) is 67.5 Å². The molecule has 0 bridgehead atoms. The number of nitrogens with zero attached hydrogens (tertiary/aromatic N) is 3. The van der Waals surface area contributed by atoms with E-state index in [2.05, 4.69) is 38.4 Å². The summed E-state index contributed by atoms with van der Waals surface area (Å²) >= 11 is 0.